The van der Waals surface area contributed by atoms with Crippen LogP contribution in [0.5, 0.6) is 0 Å². The van der Waals surface area contributed by atoms with Crippen molar-refractivity contribution in [2.75, 3.05) is 0 Å². The summed E-state index contributed by atoms with van der Waals surface area (Å²) in [6.07, 6.45) is 4.37. The van der Waals surface area contributed by atoms with Crippen LogP contribution >= 0.6 is 0 Å². The largest absolute Gasteiger partial charge is 0.459 e. The minimum absolute atomic E-state index is 0.0556. The summed E-state index contributed by atoms with van der Waals surface area (Å²) in [5.74, 6) is -0.285. The molecule has 0 spiro atoms. The Kier molecular flexibility index (Phi) is 4.15. The summed E-state index contributed by atoms with van der Waals surface area (Å²) in [6, 6.07) is 7.18. The van der Waals surface area contributed by atoms with Gasteiger partial charge >= 0.3 is 5.97 Å². The number of hydrogen-bond donors (Lipinski definition) is 1. The summed E-state index contributed by atoms with van der Waals surface area (Å²) in [5.41, 5.74) is 1.54. The molecule has 0 radical (unpaired) electrons. The SMILES string of the molecule is C=Cc1ccc(C(=O)OC2CCC(O)CC2)cc1. The maximum atomic E-state index is 11.9. The number of carbonyl (C=O) groups is 1. The molecule has 1 aliphatic rings. The molecular formula is C15H18O3. The van der Waals surface area contributed by atoms with E-state index in [1.54, 1.807) is 18.2 Å². The quantitative estimate of drug-likeness (QED) is 0.834. The summed E-state index contributed by atoms with van der Waals surface area (Å²) in [5, 5.41) is 9.39. The highest BCUT2D eigenvalue weighted by atomic mass is 16.5. The molecule has 1 saturated carbocycles. The Balaban J connectivity index is 1.92. The van der Waals surface area contributed by atoms with Gasteiger partial charge in [0.25, 0.3) is 0 Å². The summed E-state index contributed by atoms with van der Waals surface area (Å²) in [6.45, 7) is 3.67. The topological polar surface area (TPSA) is 46.5 Å². The molecule has 2 rings (SSSR count). The van der Waals surface area contributed by atoms with Crippen molar-refractivity contribution in [2.45, 2.75) is 37.9 Å². The molecule has 3 nitrogen and oxygen atoms in total. The first-order valence-electron chi connectivity index (χ1n) is 6.30. The van der Waals surface area contributed by atoms with Gasteiger partial charge in [0.1, 0.15) is 6.10 Å². The Hall–Kier alpha value is -1.61. The summed E-state index contributed by atoms with van der Waals surface area (Å²) < 4.78 is 5.42. The average Bonchev–Trinajstić information content (AvgIpc) is 2.41. The van der Waals surface area contributed by atoms with Crippen LogP contribution in [0.15, 0.2) is 30.8 Å². The molecule has 0 aliphatic heterocycles. The van der Waals surface area contributed by atoms with Gasteiger partial charge in [-0.05, 0) is 43.4 Å². The third kappa shape index (κ3) is 3.20. The molecule has 1 aliphatic carbocycles. The lowest BCUT2D eigenvalue weighted by molar-refractivity contribution is 0.00460. The van der Waals surface area contributed by atoms with Crippen molar-refractivity contribution in [3.8, 4) is 0 Å². The number of rotatable bonds is 3. The molecule has 3 heteroatoms. The van der Waals surface area contributed by atoms with Crippen molar-refractivity contribution in [3.63, 3.8) is 0 Å². The zero-order valence-electron chi connectivity index (χ0n) is 10.3. The molecular weight excluding hydrogens is 228 g/mol. The van der Waals surface area contributed by atoms with Crippen molar-refractivity contribution < 1.29 is 14.6 Å². The van der Waals surface area contributed by atoms with Crippen molar-refractivity contribution in [2.24, 2.45) is 0 Å². The van der Waals surface area contributed by atoms with E-state index in [2.05, 4.69) is 6.58 Å². The molecule has 0 saturated heterocycles. The van der Waals surface area contributed by atoms with Crippen LogP contribution in [0.1, 0.15) is 41.6 Å². The van der Waals surface area contributed by atoms with Crippen LogP contribution in [0.4, 0.5) is 0 Å². The van der Waals surface area contributed by atoms with Crippen LogP contribution in [0.25, 0.3) is 6.08 Å². The van der Waals surface area contributed by atoms with Gasteiger partial charge in [-0.15, -0.1) is 0 Å². The maximum Gasteiger partial charge on any atom is 0.338 e. The second-order valence-corrected chi connectivity index (χ2v) is 4.66. The van der Waals surface area contributed by atoms with Gasteiger partial charge in [0.15, 0.2) is 0 Å². The lowest BCUT2D eigenvalue weighted by atomic mass is 9.95. The lowest BCUT2D eigenvalue weighted by Gasteiger charge is -2.25. The zero-order valence-corrected chi connectivity index (χ0v) is 10.3. The van der Waals surface area contributed by atoms with Crippen LogP contribution < -0.4 is 0 Å². The van der Waals surface area contributed by atoms with E-state index in [0.29, 0.717) is 18.4 Å². The predicted molar refractivity (Wildman–Crippen MR) is 70.2 cm³/mol. The highest BCUT2D eigenvalue weighted by molar-refractivity contribution is 5.89. The van der Waals surface area contributed by atoms with Gasteiger partial charge in [-0.2, -0.15) is 0 Å². The highest BCUT2D eigenvalue weighted by Gasteiger charge is 2.22. The second kappa shape index (κ2) is 5.83. The molecule has 0 heterocycles. The van der Waals surface area contributed by atoms with Gasteiger partial charge in [0.2, 0.25) is 0 Å². The fourth-order valence-electron chi connectivity index (χ4n) is 2.14. The Morgan fingerprint density at radius 1 is 1.22 bits per heavy atom. The van der Waals surface area contributed by atoms with Gasteiger partial charge in [0, 0.05) is 0 Å². The fourth-order valence-corrected chi connectivity index (χ4v) is 2.14. The van der Waals surface area contributed by atoms with E-state index in [1.807, 2.05) is 12.1 Å². The van der Waals surface area contributed by atoms with E-state index in [9.17, 15) is 9.90 Å². The number of benzene rings is 1. The van der Waals surface area contributed by atoms with Crippen molar-refractivity contribution in [1.82, 2.24) is 0 Å². The fraction of sp³-hybridized carbons (Fsp3) is 0.400. The van der Waals surface area contributed by atoms with E-state index in [4.69, 9.17) is 4.74 Å². The molecule has 0 bridgehead atoms. The monoisotopic (exact) mass is 246 g/mol. The van der Waals surface area contributed by atoms with Gasteiger partial charge < -0.3 is 9.84 Å². The minimum Gasteiger partial charge on any atom is -0.459 e. The standard InChI is InChI=1S/C15H18O3/c1-2-11-3-5-12(6-4-11)15(17)18-14-9-7-13(16)8-10-14/h2-6,13-14,16H,1,7-10H2. The van der Waals surface area contributed by atoms with Gasteiger partial charge in [-0.25, -0.2) is 4.79 Å². The van der Waals surface area contributed by atoms with E-state index < -0.39 is 0 Å². The van der Waals surface area contributed by atoms with Crippen LogP contribution in [0.2, 0.25) is 0 Å². The number of esters is 1. The number of ether oxygens (including phenoxy) is 1. The maximum absolute atomic E-state index is 11.9. The lowest BCUT2D eigenvalue weighted by Crippen LogP contribution is -2.26. The molecule has 1 N–H and O–H groups in total. The van der Waals surface area contributed by atoms with Crippen LogP contribution in [-0.4, -0.2) is 23.3 Å². The van der Waals surface area contributed by atoms with E-state index in [1.165, 1.54) is 0 Å². The molecule has 96 valence electrons. The first kappa shape index (κ1) is 12.8. The summed E-state index contributed by atoms with van der Waals surface area (Å²) in [4.78, 5) is 11.9. The molecule has 0 aromatic heterocycles. The van der Waals surface area contributed by atoms with Crippen molar-refractivity contribution >= 4 is 12.0 Å². The first-order chi connectivity index (χ1) is 8.69. The number of carbonyl (C=O) groups excluding carboxylic acids is 1. The number of hydrogen-bond acceptors (Lipinski definition) is 3. The van der Waals surface area contributed by atoms with Crippen LogP contribution in [-0.2, 0) is 4.74 Å². The average molecular weight is 246 g/mol. The van der Waals surface area contributed by atoms with E-state index in [-0.39, 0.29) is 18.2 Å². The van der Waals surface area contributed by atoms with Crippen molar-refractivity contribution in [1.29, 1.82) is 0 Å². The third-order valence-corrected chi connectivity index (χ3v) is 3.30. The molecule has 0 unspecified atom stereocenters. The summed E-state index contributed by atoms with van der Waals surface area (Å²) in [7, 11) is 0. The highest BCUT2D eigenvalue weighted by Crippen LogP contribution is 2.22. The van der Waals surface area contributed by atoms with Gasteiger partial charge in [-0.1, -0.05) is 24.8 Å². The Bertz CT molecular complexity index is 414. The summed E-state index contributed by atoms with van der Waals surface area (Å²) >= 11 is 0. The predicted octanol–water partition coefficient (Wildman–Crippen LogP) is 2.79. The van der Waals surface area contributed by atoms with E-state index >= 15 is 0 Å². The Morgan fingerprint density at radius 3 is 2.39 bits per heavy atom. The van der Waals surface area contributed by atoms with Crippen LogP contribution in [0, 0.1) is 0 Å². The zero-order chi connectivity index (χ0) is 13.0. The molecule has 0 atom stereocenters. The van der Waals surface area contributed by atoms with Gasteiger partial charge in [0.05, 0.1) is 11.7 Å². The minimum atomic E-state index is -0.285. The normalized spacial score (nSPS) is 23.4. The van der Waals surface area contributed by atoms with Crippen molar-refractivity contribution in [3.05, 3.63) is 42.0 Å². The Morgan fingerprint density at radius 2 is 1.83 bits per heavy atom. The molecule has 0 amide bonds. The molecule has 18 heavy (non-hydrogen) atoms. The molecule has 1 aromatic carbocycles. The Labute approximate surface area is 107 Å². The first-order valence-corrected chi connectivity index (χ1v) is 6.30. The van der Waals surface area contributed by atoms with Gasteiger partial charge in [-0.3, -0.25) is 0 Å². The third-order valence-electron chi connectivity index (χ3n) is 3.30. The number of aliphatic hydroxyl groups is 1. The van der Waals surface area contributed by atoms with Crippen LogP contribution in [0.3, 0.4) is 0 Å². The molecule has 1 aromatic rings. The molecule has 1 fully saturated rings. The van der Waals surface area contributed by atoms with E-state index in [0.717, 1.165) is 18.4 Å². The second-order valence-electron chi connectivity index (χ2n) is 4.66. The smallest absolute Gasteiger partial charge is 0.338 e. The number of aliphatic hydroxyl groups excluding tert-OH is 1.